The molecule has 1 aromatic rings. The Morgan fingerprint density at radius 3 is 2.87 bits per heavy atom. The zero-order valence-corrected chi connectivity index (χ0v) is 9.45. The number of aromatic nitrogens is 2. The minimum absolute atomic E-state index is 0.115. The third kappa shape index (κ3) is 2.71. The summed E-state index contributed by atoms with van der Waals surface area (Å²) in [5, 5.41) is 6.90. The highest BCUT2D eigenvalue weighted by atomic mass is 16.2. The van der Waals surface area contributed by atoms with E-state index in [2.05, 4.69) is 10.4 Å². The molecule has 0 saturated heterocycles. The summed E-state index contributed by atoms with van der Waals surface area (Å²) in [6.45, 7) is 6.55. The van der Waals surface area contributed by atoms with E-state index in [0.29, 0.717) is 18.1 Å². The van der Waals surface area contributed by atoms with Gasteiger partial charge >= 0.3 is 0 Å². The zero-order chi connectivity index (χ0) is 11.4. The number of nitrogen functional groups attached to an aromatic ring is 1. The molecule has 0 radical (unpaired) electrons. The molecule has 84 valence electrons. The van der Waals surface area contributed by atoms with Crippen molar-refractivity contribution in [1.82, 2.24) is 15.1 Å². The highest BCUT2D eigenvalue weighted by Gasteiger charge is 2.14. The molecule has 3 N–H and O–H groups in total. The number of hydrogen-bond acceptors (Lipinski definition) is 3. The molecule has 0 saturated carbocycles. The lowest BCUT2D eigenvalue weighted by molar-refractivity contribution is 0.0928. The van der Waals surface area contributed by atoms with Crippen LogP contribution in [-0.2, 0) is 6.54 Å². The Kier molecular flexibility index (Phi) is 3.71. The molecule has 1 amide bonds. The van der Waals surface area contributed by atoms with Crippen molar-refractivity contribution < 1.29 is 4.79 Å². The number of hydrogen-bond donors (Lipinski definition) is 2. The van der Waals surface area contributed by atoms with Crippen LogP contribution in [-0.4, -0.2) is 21.7 Å². The summed E-state index contributed by atoms with van der Waals surface area (Å²) >= 11 is 0. The molecule has 0 fully saturated rings. The second kappa shape index (κ2) is 4.82. The summed E-state index contributed by atoms with van der Waals surface area (Å²) in [5.74, 6) is 0.265. The summed E-state index contributed by atoms with van der Waals surface area (Å²) < 4.78 is 1.60. The Bertz CT molecular complexity index is 345. The number of nitrogens with one attached hydrogen (secondary N) is 1. The number of amides is 1. The first-order valence-electron chi connectivity index (χ1n) is 5.22. The Balaban J connectivity index is 2.81. The average molecular weight is 210 g/mol. The van der Waals surface area contributed by atoms with Crippen LogP contribution in [0.1, 0.15) is 37.7 Å². The van der Waals surface area contributed by atoms with Gasteiger partial charge in [0.15, 0.2) is 0 Å². The number of anilines is 1. The summed E-state index contributed by atoms with van der Waals surface area (Å²) in [6, 6.07) is 1.76. The van der Waals surface area contributed by atoms with E-state index in [1.165, 1.54) is 0 Å². The maximum atomic E-state index is 11.8. The molecule has 0 unspecified atom stereocenters. The average Bonchev–Trinajstić information content (AvgIpc) is 2.59. The second-order valence-corrected chi connectivity index (χ2v) is 3.55. The van der Waals surface area contributed by atoms with Gasteiger partial charge in [0.05, 0.1) is 0 Å². The third-order valence-corrected chi connectivity index (χ3v) is 2.32. The summed E-state index contributed by atoms with van der Waals surface area (Å²) in [6.07, 6.45) is 0.904. The fraction of sp³-hybridized carbons (Fsp3) is 0.600. The molecule has 15 heavy (non-hydrogen) atoms. The Morgan fingerprint density at radius 1 is 1.67 bits per heavy atom. The van der Waals surface area contributed by atoms with Crippen molar-refractivity contribution in [2.24, 2.45) is 0 Å². The lowest BCUT2D eigenvalue weighted by atomic mass is 10.2. The largest absolute Gasteiger partial charge is 0.382 e. The summed E-state index contributed by atoms with van der Waals surface area (Å²) in [7, 11) is 0. The van der Waals surface area contributed by atoms with E-state index in [4.69, 9.17) is 5.73 Å². The summed E-state index contributed by atoms with van der Waals surface area (Å²) in [5.41, 5.74) is 6.07. The number of aryl methyl sites for hydroxylation is 1. The van der Waals surface area contributed by atoms with E-state index >= 15 is 0 Å². The van der Waals surface area contributed by atoms with Gasteiger partial charge in [-0.25, -0.2) is 0 Å². The monoisotopic (exact) mass is 210 g/mol. The van der Waals surface area contributed by atoms with Crippen LogP contribution in [0.25, 0.3) is 0 Å². The van der Waals surface area contributed by atoms with Gasteiger partial charge in [-0.05, 0) is 20.3 Å². The smallest absolute Gasteiger partial charge is 0.269 e. The highest BCUT2D eigenvalue weighted by molar-refractivity contribution is 5.93. The molecular formula is C10H18N4O. The van der Waals surface area contributed by atoms with Gasteiger partial charge < -0.3 is 11.1 Å². The van der Waals surface area contributed by atoms with Gasteiger partial charge in [0, 0.05) is 18.7 Å². The molecule has 5 nitrogen and oxygen atoms in total. The molecule has 5 heteroatoms. The van der Waals surface area contributed by atoms with Crippen molar-refractivity contribution >= 4 is 11.7 Å². The number of nitrogens with two attached hydrogens (primary N) is 1. The van der Waals surface area contributed by atoms with Crippen molar-refractivity contribution in [2.75, 3.05) is 5.73 Å². The number of carbonyl (C=O) groups excluding carboxylic acids is 1. The predicted octanol–water partition coefficient (Wildman–Crippen LogP) is 1.01. The molecule has 1 aromatic heterocycles. The van der Waals surface area contributed by atoms with Gasteiger partial charge in [0.25, 0.3) is 5.91 Å². The fourth-order valence-corrected chi connectivity index (χ4v) is 1.26. The Hall–Kier alpha value is -1.52. The van der Waals surface area contributed by atoms with E-state index in [9.17, 15) is 4.79 Å². The van der Waals surface area contributed by atoms with Gasteiger partial charge in [0.1, 0.15) is 11.5 Å². The molecule has 0 spiro atoms. The minimum atomic E-state index is -0.115. The quantitative estimate of drug-likeness (QED) is 0.779. The van der Waals surface area contributed by atoms with Crippen molar-refractivity contribution in [2.45, 2.75) is 39.8 Å². The Morgan fingerprint density at radius 2 is 2.33 bits per heavy atom. The molecule has 1 rings (SSSR count). The van der Waals surface area contributed by atoms with Crippen molar-refractivity contribution in [3.05, 3.63) is 11.8 Å². The van der Waals surface area contributed by atoms with Crippen LogP contribution >= 0.6 is 0 Å². The van der Waals surface area contributed by atoms with Crippen LogP contribution in [0.2, 0.25) is 0 Å². The van der Waals surface area contributed by atoms with E-state index in [1.54, 1.807) is 10.7 Å². The van der Waals surface area contributed by atoms with Crippen LogP contribution in [0.5, 0.6) is 0 Å². The molecule has 0 aliphatic rings. The highest BCUT2D eigenvalue weighted by Crippen LogP contribution is 2.06. The number of carbonyl (C=O) groups is 1. The topological polar surface area (TPSA) is 72.9 Å². The minimum Gasteiger partial charge on any atom is -0.382 e. The first-order valence-corrected chi connectivity index (χ1v) is 5.22. The fourth-order valence-electron chi connectivity index (χ4n) is 1.26. The van der Waals surface area contributed by atoms with E-state index in [1.807, 2.05) is 20.8 Å². The van der Waals surface area contributed by atoms with Gasteiger partial charge in [-0.3, -0.25) is 9.48 Å². The third-order valence-electron chi connectivity index (χ3n) is 2.32. The predicted molar refractivity (Wildman–Crippen MR) is 59.5 cm³/mol. The number of nitrogens with zero attached hydrogens (tertiary/aromatic N) is 2. The van der Waals surface area contributed by atoms with Crippen LogP contribution in [0.3, 0.4) is 0 Å². The van der Waals surface area contributed by atoms with Gasteiger partial charge in [-0.15, -0.1) is 0 Å². The first kappa shape index (κ1) is 11.6. The lowest BCUT2D eigenvalue weighted by Gasteiger charge is -2.11. The molecule has 0 aliphatic carbocycles. The normalized spacial score (nSPS) is 12.5. The lowest BCUT2D eigenvalue weighted by Crippen LogP contribution is -2.33. The van der Waals surface area contributed by atoms with Crippen LogP contribution in [0.15, 0.2) is 6.07 Å². The van der Waals surface area contributed by atoms with Gasteiger partial charge in [-0.1, -0.05) is 6.92 Å². The van der Waals surface area contributed by atoms with Crippen LogP contribution < -0.4 is 11.1 Å². The van der Waals surface area contributed by atoms with Crippen LogP contribution in [0, 0.1) is 0 Å². The van der Waals surface area contributed by atoms with Crippen molar-refractivity contribution in [3.63, 3.8) is 0 Å². The van der Waals surface area contributed by atoms with Gasteiger partial charge in [0.2, 0.25) is 0 Å². The molecule has 0 aromatic carbocycles. The molecule has 0 aliphatic heterocycles. The standard InChI is InChI=1S/C10H18N4O/c1-4-7(3)12-10(15)8-6-9(11)13-14(8)5-2/h6-7H,4-5H2,1-3H3,(H2,11,13)(H,12,15)/t7-/m1/s1. The first-order chi connectivity index (χ1) is 7.08. The second-order valence-electron chi connectivity index (χ2n) is 3.55. The van der Waals surface area contributed by atoms with Crippen molar-refractivity contribution in [1.29, 1.82) is 0 Å². The maximum absolute atomic E-state index is 11.8. The zero-order valence-electron chi connectivity index (χ0n) is 9.45. The number of rotatable bonds is 4. The molecule has 0 bridgehead atoms. The molecule has 1 atom stereocenters. The van der Waals surface area contributed by atoms with Gasteiger partial charge in [-0.2, -0.15) is 5.10 Å². The van der Waals surface area contributed by atoms with Crippen molar-refractivity contribution in [3.8, 4) is 0 Å². The van der Waals surface area contributed by atoms with E-state index in [-0.39, 0.29) is 11.9 Å². The molecular weight excluding hydrogens is 192 g/mol. The SMILES string of the molecule is CC[C@@H](C)NC(=O)c1cc(N)nn1CC. The van der Waals surface area contributed by atoms with E-state index < -0.39 is 0 Å². The van der Waals surface area contributed by atoms with Crippen LogP contribution in [0.4, 0.5) is 5.82 Å². The molecule has 1 heterocycles. The Labute approximate surface area is 89.6 Å². The maximum Gasteiger partial charge on any atom is 0.269 e. The van der Waals surface area contributed by atoms with E-state index in [0.717, 1.165) is 6.42 Å². The summed E-state index contributed by atoms with van der Waals surface area (Å²) in [4.78, 5) is 11.8.